The Morgan fingerprint density at radius 3 is 2.33 bits per heavy atom. The van der Waals surface area contributed by atoms with Crippen molar-refractivity contribution in [3.63, 3.8) is 0 Å². The highest BCUT2D eigenvalue weighted by Gasteiger charge is 2.19. The maximum atomic E-state index is 5.64. The fraction of sp³-hybridized carbons (Fsp3) is 0.318. The highest BCUT2D eigenvalue weighted by molar-refractivity contribution is 7.10. The van der Waals surface area contributed by atoms with Crippen LogP contribution in [0, 0.1) is 0 Å². The summed E-state index contributed by atoms with van der Waals surface area (Å²) < 4.78 is 21.0. The summed E-state index contributed by atoms with van der Waals surface area (Å²) in [4.78, 5) is 1.03. The maximum Gasteiger partial charge on any atom is 0.169 e. The van der Waals surface area contributed by atoms with Crippen molar-refractivity contribution in [1.29, 1.82) is 0 Å². The van der Waals surface area contributed by atoms with E-state index in [1.165, 1.54) is 29.9 Å². The number of ether oxygens (including phenoxy) is 3. The van der Waals surface area contributed by atoms with Gasteiger partial charge in [0.1, 0.15) is 5.75 Å². The van der Waals surface area contributed by atoms with Gasteiger partial charge in [0, 0.05) is 23.4 Å². The zero-order valence-electron chi connectivity index (χ0n) is 16.2. The Balaban J connectivity index is 2.05. The predicted molar refractivity (Wildman–Crippen MR) is 111 cm³/mol. The zero-order valence-corrected chi connectivity index (χ0v) is 17.1. The highest BCUT2D eigenvalue weighted by Crippen LogP contribution is 2.46. The number of benzene rings is 2. The molecule has 142 valence electrons. The fourth-order valence-electron chi connectivity index (χ4n) is 3.10. The number of unbranched alkanes of at least 4 members (excludes halogenated alkanes) is 1. The molecule has 2 aromatic carbocycles. The van der Waals surface area contributed by atoms with Gasteiger partial charge in [-0.25, -0.2) is 0 Å². The van der Waals surface area contributed by atoms with Crippen LogP contribution in [0.2, 0.25) is 0 Å². The third kappa shape index (κ3) is 4.08. The van der Waals surface area contributed by atoms with Gasteiger partial charge >= 0.3 is 0 Å². The predicted octanol–water partition coefficient (Wildman–Crippen LogP) is 5.85. The molecule has 0 fully saturated rings. The zero-order chi connectivity index (χ0) is 19.2. The molecule has 3 aromatic rings. The smallest absolute Gasteiger partial charge is 0.169 e. The molecule has 1 heterocycles. The first kappa shape index (κ1) is 19.2. The van der Waals surface area contributed by atoms with Crippen molar-refractivity contribution in [2.75, 3.05) is 21.3 Å². The number of nitrogens with zero attached hydrogens (tertiary/aromatic N) is 1. The Morgan fingerprint density at radius 1 is 0.926 bits per heavy atom. The van der Waals surface area contributed by atoms with Crippen molar-refractivity contribution in [2.24, 2.45) is 0 Å². The molecule has 0 N–H and O–H groups in total. The fourth-order valence-corrected chi connectivity index (χ4v) is 3.88. The van der Waals surface area contributed by atoms with E-state index < -0.39 is 0 Å². The molecule has 0 bridgehead atoms. The highest BCUT2D eigenvalue weighted by atomic mass is 32.1. The number of rotatable bonds is 8. The van der Waals surface area contributed by atoms with E-state index in [-0.39, 0.29) is 0 Å². The second-order valence-corrected chi connectivity index (χ2v) is 7.08. The normalized spacial score (nSPS) is 10.7. The SMILES string of the molecule is CCCCc1ccc(-c2cnsc2-c2cc(OC)cc(OC)c2OC)cc1. The summed E-state index contributed by atoms with van der Waals surface area (Å²) in [5.41, 5.74) is 4.51. The molecule has 3 rings (SSSR count). The van der Waals surface area contributed by atoms with Crippen molar-refractivity contribution < 1.29 is 14.2 Å². The average molecular weight is 384 g/mol. The molecule has 0 amide bonds. The molecular weight excluding hydrogens is 358 g/mol. The lowest BCUT2D eigenvalue weighted by Gasteiger charge is -2.15. The molecule has 0 radical (unpaired) electrons. The van der Waals surface area contributed by atoms with Crippen LogP contribution < -0.4 is 14.2 Å². The van der Waals surface area contributed by atoms with Crippen LogP contribution in [0.25, 0.3) is 21.6 Å². The van der Waals surface area contributed by atoms with Crippen molar-refractivity contribution in [2.45, 2.75) is 26.2 Å². The molecule has 27 heavy (non-hydrogen) atoms. The van der Waals surface area contributed by atoms with Gasteiger partial charge in [-0.2, -0.15) is 4.37 Å². The van der Waals surface area contributed by atoms with Crippen molar-refractivity contribution in [3.8, 4) is 38.8 Å². The van der Waals surface area contributed by atoms with Crippen LogP contribution in [0.1, 0.15) is 25.3 Å². The maximum absolute atomic E-state index is 5.64. The number of aryl methyl sites for hydroxylation is 1. The minimum absolute atomic E-state index is 0.640. The third-order valence-electron chi connectivity index (χ3n) is 4.59. The second kappa shape index (κ2) is 8.91. The van der Waals surface area contributed by atoms with E-state index in [0.717, 1.165) is 33.7 Å². The van der Waals surface area contributed by atoms with Crippen LogP contribution in [0.4, 0.5) is 0 Å². The molecular formula is C22H25NO3S. The van der Waals surface area contributed by atoms with Crippen LogP contribution in [0.15, 0.2) is 42.6 Å². The molecule has 0 saturated heterocycles. The lowest BCUT2D eigenvalue weighted by molar-refractivity contribution is 0.350. The van der Waals surface area contributed by atoms with Crippen molar-refractivity contribution in [3.05, 3.63) is 48.2 Å². The Bertz CT molecular complexity index is 887. The van der Waals surface area contributed by atoms with Gasteiger partial charge in [0.2, 0.25) is 0 Å². The summed E-state index contributed by atoms with van der Waals surface area (Å²) in [5, 5.41) is 0. The topological polar surface area (TPSA) is 40.6 Å². The first-order chi connectivity index (χ1) is 13.2. The van der Waals surface area contributed by atoms with E-state index in [9.17, 15) is 0 Å². The minimum Gasteiger partial charge on any atom is -0.497 e. The third-order valence-corrected chi connectivity index (χ3v) is 5.42. The number of hydrogen-bond donors (Lipinski definition) is 0. The quantitative estimate of drug-likeness (QED) is 0.489. The largest absolute Gasteiger partial charge is 0.497 e. The first-order valence-electron chi connectivity index (χ1n) is 9.06. The average Bonchev–Trinajstić information content (AvgIpc) is 3.21. The summed E-state index contributed by atoms with van der Waals surface area (Å²) in [6, 6.07) is 12.5. The van der Waals surface area contributed by atoms with E-state index in [1.807, 2.05) is 18.3 Å². The Hall–Kier alpha value is -2.53. The van der Waals surface area contributed by atoms with E-state index >= 15 is 0 Å². The van der Waals surface area contributed by atoms with Crippen molar-refractivity contribution in [1.82, 2.24) is 4.37 Å². The molecule has 0 aliphatic carbocycles. The number of aromatic nitrogens is 1. The molecule has 4 nitrogen and oxygen atoms in total. The van der Waals surface area contributed by atoms with Crippen LogP contribution in [0.3, 0.4) is 0 Å². The van der Waals surface area contributed by atoms with Gasteiger partial charge in [0.05, 0.1) is 26.2 Å². The molecule has 0 unspecified atom stereocenters. The van der Waals surface area contributed by atoms with Crippen LogP contribution in [-0.4, -0.2) is 25.7 Å². The van der Waals surface area contributed by atoms with Gasteiger partial charge in [-0.15, -0.1) is 0 Å². The standard InChI is InChI=1S/C22H25NO3S/c1-5-6-7-15-8-10-16(11-9-15)19-14-23-27-22(19)18-12-17(24-2)13-20(25-3)21(18)26-4/h8-14H,5-7H2,1-4H3. The first-order valence-corrected chi connectivity index (χ1v) is 9.83. The Morgan fingerprint density at radius 2 is 1.70 bits per heavy atom. The lowest BCUT2D eigenvalue weighted by atomic mass is 10.00. The van der Waals surface area contributed by atoms with E-state index in [4.69, 9.17) is 14.2 Å². The van der Waals surface area contributed by atoms with Gasteiger partial charge in [0.25, 0.3) is 0 Å². The van der Waals surface area contributed by atoms with Gasteiger partial charge in [-0.05, 0) is 41.6 Å². The monoisotopic (exact) mass is 383 g/mol. The number of hydrogen-bond acceptors (Lipinski definition) is 5. The molecule has 0 aliphatic rings. The molecule has 0 saturated carbocycles. The Kier molecular flexibility index (Phi) is 6.35. The summed E-state index contributed by atoms with van der Waals surface area (Å²) in [6.45, 7) is 2.22. The van der Waals surface area contributed by atoms with Gasteiger partial charge < -0.3 is 14.2 Å². The van der Waals surface area contributed by atoms with E-state index in [1.54, 1.807) is 21.3 Å². The van der Waals surface area contributed by atoms with Gasteiger partial charge in [-0.1, -0.05) is 37.6 Å². The van der Waals surface area contributed by atoms with Crippen LogP contribution in [0.5, 0.6) is 17.2 Å². The van der Waals surface area contributed by atoms with Crippen molar-refractivity contribution >= 4 is 11.5 Å². The summed E-state index contributed by atoms with van der Waals surface area (Å²) in [7, 11) is 4.92. The van der Waals surface area contributed by atoms with E-state index in [0.29, 0.717) is 11.5 Å². The molecule has 0 atom stereocenters. The van der Waals surface area contributed by atoms with Crippen LogP contribution in [-0.2, 0) is 6.42 Å². The van der Waals surface area contributed by atoms with E-state index in [2.05, 4.69) is 35.6 Å². The molecule has 0 aliphatic heterocycles. The Labute approximate surface area is 164 Å². The number of methoxy groups -OCH3 is 3. The second-order valence-electron chi connectivity index (χ2n) is 6.28. The molecule has 0 spiro atoms. The molecule has 1 aromatic heterocycles. The van der Waals surface area contributed by atoms with Gasteiger partial charge in [0.15, 0.2) is 11.5 Å². The summed E-state index contributed by atoms with van der Waals surface area (Å²) in [5.74, 6) is 2.04. The summed E-state index contributed by atoms with van der Waals surface area (Å²) in [6.07, 6.45) is 5.45. The van der Waals surface area contributed by atoms with Crippen LogP contribution >= 0.6 is 11.5 Å². The molecule has 5 heteroatoms. The lowest BCUT2D eigenvalue weighted by Crippen LogP contribution is -1.95. The minimum atomic E-state index is 0.640. The van der Waals surface area contributed by atoms with Gasteiger partial charge in [-0.3, -0.25) is 0 Å². The summed E-state index contributed by atoms with van der Waals surface area (Å²) >= 11 is 1.44.